The Kier molecular flexibility index (Phi) is 9.87. The zero-order valence-electron chi connectivity index (χ0n) is 36.8. The summed E-state index contributed by atoms with van der Waals surface area (Å²) in [6.07, 6.45) is 7.77. The maximum atomic E-state index is 9.47. The monoisotopic (exact) mass is 848 g/mol. The predicted octanol–water partition coefficient (Wildman–Crippen LogP) is 15.2. The van der Waals surface area contributed by atoms with E-state index < -0.39 is 0 Å². The standard InChI is InChI=1S/C62H48N4/c63-40-42-8-7-13-55(35-42)51-28-32-57(33-29-51)62-38-43-34-44(39-62)37-61(36-43,41-62)56-30-26-50(27-31-56)49-18-24-54(25-19-49)60-65-58(52-20-14-47(15-21-52)45-9-3-1-4-10-45)64-59(66-60)53-22-16-48(17-23-53)46-11-5-2-6-12-46/h1-33,35,43-44H,34,36-39,41H2. The summed E-state index contributed by atoms with van der Waals surface area (Å²) in [5, 5.41) is 9.47. The van der Waals surface area contributed by atoms with Crippen LogP contribution in [0.3, 0.4) is 0 Å². The summed E-state index contributed by atoms with van der Waals surface area (Å²) in [7, 11) is 0. The molecule has 0 aliphatic heterocycles. The Hall–Kier alpha value is -7.74. The minimum absolute atomic E-state index is 0.212. The van der Waals surface area contributed by atoms with E-state index >= 15 is 0 Å². The molecule has 1 aromatic heterocycles. The summed E-state index contributed by atoms with van der Waals surface area (Å²) in [5.41, 5.74) is 16.3. The third-order valence-electron chi connectivity index (χ3n) is 15.0. The van der Waals surface area contributed by atoms with Crippen LogP contribution in [0.5, 0.6) is 0 Å². The molecule has 66 heavy (non-hydrogen) atoms. The molecule has 0 saturated heterocycles. The van der Waals surface area contributed by atoms with Gasteiger partial charge >= 0.3 is 0 Å². The van der Waals surface area contributed by atoms with Gasteiger partial charge in [0.1, 0.15) is 0 Å². The van der Waals surface area contributed by atoms with Crippen molar-refractivity contribution in [3.8, 4) is 84.7 Å². The van der Waals surface area contributed by atoms with E-state index in [9.17, 15) is 5.26 Å². The van der Waals surface area contributed by atoms with Crippen LogP contribution in [-0.2, 0) is 10.8 Å². The fraction of sp³-hybridized carbons (Fsp3) is 0.161. The number of hydrogen-bond donors (Lipinski definition) is 0. The summed E-state index contributed by atoms with van der Waals surface area (Å²) in [5.74, 6) is 3.47. The molecule has 2 atom stereocenters. The van der Waals surface area contributed by atoms with Gasteiger partial charge in [-0.15, -0.1) is 0 Å². The first-order chi connectivity index (χ1) is 32.5. The van der Waals surface area contributed by atoms with Gasteiger partial charge in [-0.1, -0.05) is 194 Å². The van der Waals surface area contributed by atoms with Crippen molar-refractivity contribution in [2.75, 3.05) is 0 Å². The highest BCUT2D eigenvalue weighted by Crippen LogP contribution is 2.66. The quantitative estimate of drug-likeness (QED) is 0.145. The highest BCUT2D eigenvalue weighted by molar-refractivity contribution is 5.74. The smallest absolute Gasteiger partial charge is 0.164 e. The van der Waals surface area contributed by atoms with Gasteiger partial charge in [-0.2, -0.15) is 5.26 Å². The van der Waals surface area contributed by atoms with Crippen molar-refractivity contribution in [1.82, 2.24) is 15.0 Å². The van der Waals surface area contributed by atoms with Gasteiger partial charge in [-0.3, -0.25) is 0 Å². The third-order valence-corrected chi connectivity index (χ3v) is 15.0. The number of nitrogens with zero attached hydrogens (tertiary/aromatic N) is 4. The van der Waals surface area contributed by atoms with Crippen molar-refractivity contribution in [2.45, 2.75) is 49.4 Å². The molecule has 0 radical (unpaired) electrons. The van der Waals surface area contributed by atoms with Gasteiger partial charge in [0.25, 0.3) is 0 Å². The molecule has 4 aliphatic rings. The Balaban J connectivity index is 0.821. The van der Waals surface area contributed by atoms with Crippen LogP contribution in [0.2, 0.25) is 0 Å². The second kappa shape index (κ2) is 16.4. The van der Waals surface area contributed by atoms with E-state index in [1.807, 2.05) is 30.3 Å². The van der Waals surface area contributed by atoms with Crippen LogP contribution in [0.15, 0.2) is 206 Å². The number of rotatable bonds is 9. The minimum atomic E-state index is 0.212. The van der Waals surface area contributed by atoms with Crippen LogP contribution < -0.4 is 0 Å². The molecule has 0 spiro atoms. The van der Waals surface area contributed by atoms with E-state index in [-0.39, 0.29) is 10.8 Å². The van der Waals surface area contributed by atoms with Crippen molar-refractivity contribution in [1.29, 1.82) is 5.26 Å². The molecule has 4 fully saturated rings. The average molecular weight is 849 g/mol. The molecule has 0 N–H and O–H groups in total. The molecule has 4 saturated carbocycles. The maximum Gasteiger partial charge on any atom is 0.164 e. The van der Waals surface area contributed by atoms with Crippen LogP contribution in [-0.4, -0.2) is 15.0 Å². The Morgan fingerprint density at radius 1 is 0.348 bits per heavy atom. The Labute approximate surface area is 387 Å². The third kappa shape index (κ3) is 7.41. The molecule has 316 valence electrons. The highest BCUT2D eigenvalue weighted by Gasteiger charge is 2.58. The average Bonchev–Trinajstić information content (AvgIpc) is 3.39. The van der Waals surface area contributed by atoms with Crippen LogP contribution in [0.25, 0.3) is 78.7 Å². The summed E-state index contributed by atoms with van der Waals surface area (Å²) in [4.78, 5) is 15.2. The van der Waals surface area contributed by atoms with E-state index in [0.29, 0.717) is 23.0 Å². The largest absolute Gasteiger partial charge is 0.208 e. The molecule has 4 aliphatic carbocycles. The molecule has 1 heterocycles. The van der Waals surface area contributed by atoms with Crippen molar-refractivity contribution < 1.29 is 0 Å². The Bertz CT molecular complexity index is 3110. The van der Waals surface area contributed by atoms with E-state index in [2.05, 4.69) is 182 Å². The molecule has 2 unspecified atom stereocenters. The lowest BCUT2D eigenvalue weighted by Crippen LogP contribution is -2.55. The molecule has 4 heteroatoms. The fourth-order valence-electron chi connectivity index (χ4n) is 12.2. The lowest BCUT2D eigenvalue weighted by atomic mass is 9.41. The van der Waals surface area contributed by atoms with E-state index in [4.69, 9.17) is 15.0 Å². The van der Waals surface area contributed by atoms with Crippen LogP contribution >= 0.6 is 0 Å². The minimum Gasteiger partial charge on any atom is -0.208 e. The van der Waals surface area contributed by atoms with Gasteiger partial charge in [-0.05, 0) is 129 Å². The zero-order valence-corrected chi connectivity index (χ0v) is 36.8. The van der Waals surface area contributed by atoms with Gasteiger partial charge in [0.05, 0.1) is 11.6 Å². The summed E-state index contributed by atoms with van der Waals surface area (Å²) >= 11 is 0. The van der Waals surface area contributed by atoms with Crippen LogP contribution in [0, 0.1) is 23.2 Å². The molecular weight excluding hydrogens is 801 g/mol. The Morgan fingerprint density at radius 2 is 0.667 bits per heavy atom. The number of hydrogen-bond acceptors (Lipinski definition) is 4. The first-order valence-electron chi connectivity index (χ1n) is 23.4. The second-order valence-corrected chi connectivity index (χ2v) is 19.1. The number of aromatic nitrogens is 3. The number of nitriles is 1. The van der Waals surface area contributed by atoms with Crippen molar-refractivity contribution in [3.05, 3.63) is 223 Å². The van der Waals surface area contributed by atoms with Gasteiger partial charge in [0, 0.05) is 16.7 Å². The van der Waals surface area contributed by atoms with Gasteiger partial charge in [0.15, 0.2) is 17.5 Å². The molecular formula is C62H48N4. The molecule has 13 rings (SSSR count). The van der Waals surface area contributed by atoms with E-state index in [1.54, 1.807) is 0 Å². The van der Waals surface area contributed by atoms with Gasteiger partial charge in [-0.25, -0.2) is 15.0 Å². The zero-order chi connectivity index (χ0) is 44.1. The normalized spacial score (nSPS) is 20.5. The second-order valence-electron chi connectivity index (χ2n) is 19.1. The number of benzene rings is 8. The summed E-state index contributed by atoms with van der Waals surface area (Å²) < 4.78 is 0. The Morgan fingerprint density at radius 3 is 1.05 bits per heavy atom. The lowest BCUT2D eigenvalue weighted by Gasteiger charge is -2.63. The van der Waals surface area contributed by atoms with Crippen LogP contribution in [0.4, 0.5) is 0 Å². The first-order valence-corrected chi connectivity index (χ1v) is 23.4. The maximum absolute atomic E-state index is 9.47. The van der Waals surface area contributed by atoms with Crippen LogP contribution in [0.1, 0.15) is 55.2 Å². The van der Waals surface area contributed by atoms with Crippen molar-refractivity contribution >= 4 is 0 Å². The molecule has 9 aromatic rings. The molecule has 0 amide bonds. The van der Waals surface area contributed by atoms with Gasteiger partial charge < -0.3 is 0 Å². The highest BCUT2D eigenvalue weighted by atomic mass is 15.0. The molecule has 4 bridgehead atoms. The molecule has 4 nitrogen and oxygen atoms in total. The summed E-state index contributed by atoms with van der Waals surface area (Å²) in [6, 6.07) is 75.7. The first kappa shape index (κ1) is 39.8. The lowest BCUT2D eigenvalue weighted by molar-refractivity contribution is -0.0281. The van der Waals surface area contributed by atoms with Crippen molar-refractivity contribution in [3.63, 3.8) is 0 Å². The van der Waals surface area contributed by atoms with Gasteiger partial charge in [0.2, 0.25) is 0 Å². The van der Waals surface area contributed by atoms with E-state index in [0.717, 1.165) is 45.2 Å². The predicted molar refractivity (Wildman–Crippen MR) is 267 cm³/mol. The topological polar surface area (TPSA) is 62.5 Å². The van der Waals surface area contributed by atoms with E-state index in [1.165, 1.54) is 77.5 Å². The summed E-state index contributed by atoms with van der Waals surface area (Å²) in [6.45, 7) is 0. The SMILES string of the molecule is N#Cc1cccc(-c2ccc(C34CC5CC(CC(c6ccc(-c7ccc(-c8nc(-c9ccc(-c%10ccccc%10)cc9)nc(-c9ccc(-c%10ccccc%10)cc9)n8)cc7)cc6)(C5)C3)C4)cc2)c1. The fourth-order valence-corrected chi connectivity index (χ4v) is 12.2. The molecule has 8 aromatic carbocycles. The van der Waals surface area contributed by atoms with Crippen molar-refractivity contribution in [2.24, 2.45) is 11.8 Å².